The molecule has 0 atom stereocenters. The number of amides is 1. The molecular formula is C24H27N5O2. The third-order valence-electron chi connectivity index (χ3n) is 5.42. The number of H-pyrrole nitrogens is 1. The van der Waals surface area contributed by atoms with Gasteiger partial charge in [0.05, 0.1) is 11.3 Å². The van der Waals surface area contributed by atoms with Crippen molar-refractivity contribution in [1.29, 1.82) is 0 Å². The lowest BCUT2D eigenvalue weighted by Gasteiger charge is -2.28. The first-order valence-corrected chi connectivity index (χ1v) is 10.5. The first-order valence-electron chi connectivity index (χ1n) is 10.5. The first-order chi connectivity index (χ1) is 14.8. The van der Waals surface area contributed by atoms with Crippen molar-refractivity contribution in [3.05, 3.63) is 76.0 Å². The van der Waals surface area contributed by atoms with Crippen LogP contribution in [0.15, 0.2) is 53.6 Å². The van der Waals surface area contributed by atoms with Crippen LogP contribution in [0.4, 0.5) is 5.69 Å². The molecule has 3 heterocycles. The van der Waals surface area contributed by atoms with Crippen molar-refractivity contribution in [2.24, 2.45) is 5.41 Å². The van der Waals surface area contributed by atoms with Gasteiger partial charge >= 0.3 is 0 Å². The highest BCUT2D eigenvalue weighted by Crippen LogP contribution is 2.24. The number of carbonyl (C=O) groups is 1. The number of hydrogen-bond donors (Lipinski definition) is 2. The Balaban J connectivity index is 1.53. The smallest absolute Gasteiger partial charge is 0.255 e. The summed E-state index contributed by atoms with van der Waals surface area (Å²) in [6.07, 6.45) is 4.14. The molecule has 0 bridgehead atoms. The molecule has 7 heteroatoms. The minimum atomic E-state index is -0.486. The lowest BCUT2D eigenvalue weighted by Crippen LogP contribution is -2.36. The summed E-state index contributed by atoms with van der Waals surface area (Å²) in [7, 11) is 0. The molecular weight excluding hydrogens is 390 g/mol. The SMILES string of the molecule is CC(C)(C)C(=O)Nc1ccncc1CN1CCc2nc(-c3ccccc3)[nH]c(=O)c2C1. The van der Waals surface area contributed by atoms with E-state index in [9.17, 15) is 9.59 Å². The van der Waals surface area contributed by atoms with Crippen LogP contribution in [0.5, 0.6) is 0 Å². The largest absolute Gasteiger partial charge is 0.325 e. The maximum absolute atomic E-state index is 12.8. The van der Waals surface area contributed by atoms with E-state index in [2.05, 4.69) is 20.2 Å². The van der Waals surface area contributed by atoms with E-state index in [1.54, 1.807) is 12.4 Å². The number of aromatic amines is 1. The molecule has 0 fully saturated rings. The van der Waals surface area contributed by atoms with Gasteiger partial charge in [0.1, 0.15) is 5.82 Å². The number of benzene rings is 1. The van der Waals surface area contributed by atoms with Gasteiger partial charge in [0.25, 0.3) is 5.56 Å². The number of pyridine rings is 1. The van der Waals surface area contributed by atoms with Gasteiger partial charge in [-0.15, -0.1) is 0 Å². The van der Waals surface area contributed by atoms with Crippen LogP contribution in [-0.2, 0) is 24.3 Å². The molecule has 0 unspecified atom stereocenters. The highest BCUT2D eigenvalue weighted by Gasteiger charge is 2.24. The molecule has 2 N–H and O–H groups in total. The fourth-order valence-corrected chi connectivity index (χ4v) is 3.57. The Morgan fingerprint density at radius 3 is 2.71 bits per heavy atom. The van der Waals surface area contributed by atoms with Crippen LogP contribution in [0, 0.1) is 5.41 Å². The van der Waals surface area contributed by atoms with Crippen LogP contribution in [0.25, 0.3) is 11.4 Å². The monoisotopic (exact) mass is 417 g/mol. The van der Waals surface area contributed by atoms with E-state index in [-0.39, 0.29) is 11.5 Å². The van der Waals surface area contributed by atoms with Gasteiger partial charge in [-0.25, -0.2) is 4.98 Å². The summed E-state index contributed by atoms with van der Waals surface area (Å²) in [5.41, 5.74) is 3.56. The Kier molecular flexibility index (Phi) is 5.69. The van der Waals surface area contributed by atoms with E-state index in [0.717, 1.165) is 29.1 Å². The Bertz CT molecular complexity index is 1150. The summed E-state index contributed by atoms with van der Waals surface area (Å²) < 4.78 is 0. The maximum atomic E-state index is 12.8. The second-order valence-electron chi connectivity index (χ2n) is 8.90. The summed E-state index contributed by atoms with van der Waals surface area (Å²) in [5, 5.41) is 3.01. The third-order valence-corrected chi connectivity index (χ3v) is 5.42. The Morgan fingerprint density at radius 2 is 1.97 bits per heavy atom. The highest BCUT2D eigenvalue weighted by molar-refractivity contribution is 5.95. The minimum Gasteiger partial charge on any atom is -0.325 e. The van der Waals surface area contributed by atoms with Gasteiger partial charge in [-0.1, -0.05) is 51.1 Å². The van der Waals surface area contributed by atoms with Gasteiger partial charge in [-0.2, -0.15) is 0 Å². The normalized spacial score (nSPS) is 14.2. The van der Waals surface area contributed by atoms with Crippen molar-refractivity contribution in [1.82, 2.24) is 19.9 Å². The molecule has 0 saturated heterocycles. The Labute approximate surface area is 181 Å². The third kappa shape index (κ3) is 4.72. The molecule has 0 aliphatic carbocycles. The van der Waals surface area contributed by atoms with Crippen molar-refractivity contribution in [2.75, 3.05) is 11.9 Å². The van der Waals surface area contributed by atoms with Crippen molar-refractivity contribution < 1.29 is 4.79 Å². The summed E-state index contributed by atoms with van der Waals surface area (Å²) in [4.78, 5) is 39.3. The van der Waals surface area contributed by atoms with Crippen LogP contribution in [0.3, 0.4) is 0 Å². The van der Waals surface area contributed by atoms with Gasteiger partial charge in [-0.3, -0.25) is 19.5 Å². The quantitative estimate of drug-likeness (QED) is 0.679. The molecule has 1 aliphatic rings. The molecule has 2 aromatic heterocycles. The number of aromatic nitrogens is 3. The van der Waals surface area contributed by atoms with Crippen LogP contribution < -0.4 is 10.9 Å². The van der Waals surface area contributed by atoms with Gasteiger partial charge in [0, 0.05) is 60.7 Å². The number of anilines is 1. The van der Waals surface area contributed by atoms with E-state index in [4.69, 9.17) is 4.98 Å². The molecule has 1 amide bonds. The number of nitrogens with zero attached hydrogens (tertiary/aromatic N) is 3. The molecule has 160 valence electrons. The predicted octanol–water partition coefficient (Wildman–Crippen LogP) is 3.37. The molecule has 31 heavy (non-hydrogen) atoms. The molecule has 0 saturated carbocycles. The second kappa shape index (κ2) is 8.43. The average Bonchev–Trinajstić information content (AvgIpc) is 2.75. The number of hydrogen-bond acceptors (Lipinski definition) is 5. The summed E-state index contributed by atoms with van der Waals surface area (Å²) >= 11 is 0. The Hall–Kier alpha value is -3.32. The van der Waals surface area contributed by atoms with Gasteiger partial charge in [-0.05, 0) is 6.07 Å². The zero-order chi connectivity index (χ0) is 22.0. The molecule has 0 spiro atoms. The number of nitrogens with one attached hydrogen (secondary N) is 2. The van der Waals surface area contributed by atoms with Crippen LogP contribution >= 0.6 is 0 Å². The van der Waals surface area contributed by atoms with Crippen molar-refractivity contribution in [3.63, 3.8) is 0 Å². The van der Waals surface area contributed by atoms with Crippen molar-refractivity contribution >= 4 is 11.6 Å². The van der Waals surface area contributed by atoms with E-state index >= 15 is 0 Å². The van der Waals surface area contributed by atoms with E-state index < -0.39 is 5.41 Å². The lowest BCUT2D eigenvalue weighted by atomic mass is 9.95. The molecule has 4 rings (SSSR count). The summed E-state index contributed by atoms with van der Waals surface area (Å²) in [6.45, 7) is 7.52. The Morgan fingerprint density at radius 1 is 1.19 bits per heavy atom. The van der Waals surface area contributed by atoms with Crippen LogP contribution in [0.1, 0.15) is 37.6 Å². The molecule has 7 nitrogen and oxygen atoms in total. The molecule has 0 radical (unpaired) electrons. The highest BCUT2D eigenvalue weighted by atomic mass is 16.2. The van der Waals surface area contributed by atoms with Crippen LogP contribution in [-0.4, -0.2) is 32.3 Å². The number of carbonyl (C=O) groups excluding carboxylic acids is 1. The standard InChI is InChI=1S/C24H27N5O2/c1-24(2,3)23(31)27-19-9-11-25-13-17(19)14-29-12-10-20-18(15-29)22(30)28-21(26-20)16-7-5-4-6-8-16/h4-9,11,13H,10,12,14-15H2,1-3H3,(H,25,27,31)(H,26,28,30). The zero-order valence-corrected chi connectivity index (χ0v) is 18.1. The zero-order valence-electron chi connectivity index (χ0n) is 18.1. The van der Waals surface area contributed by atoms with E-state index in [1.165, 1.54) is 0 Å². The fraction of sp³-hybridized carbons (Fsp3) is 0.333. The second-order valence-corrected chi connectivity index (χ2v) is 8.90. The molecule has 3 aromatic rings. The summed E-state index contributed by atoms with van der Waals surface area (Å²) in [6, 6.07) is 11.5. The van der Waals surface area contributed by atoms with Crippen LogP contribution in [0.2, 0.25) is 0 Å². The van der Waals surface area contributed by atoms with Gasteiger partial charge in [0.2, 0.25) is 5.91 Å². The predicted molar refractivity (Wildman–Crippen MR) is 120 cm³/mol. The van der Waals surface area contributed by atoms with Crippen molar-refractivity contribution in [2.45, 2.75) is 40.3 Å². The molecule has 1 aliphatic heterocycles. The minimum absolute atomic E-state index is 0.0435. The van der Waals surface area contributed by atoms with Gasteiger partial charge < -0.3 is 10.3 Å². The van der Waals surface area contributed by atoms with Gasteiger partial charge in [0.15, 0.2) is 0 Å². The topological polar surface area (TPSA) is 91.0 Å². The molecule has 1 aromatic carbocycles. The van der Waals surface area contributed by atoms with Crippen molar-refractivity contribution in [3.8, 4) is 11.4 Å². The first kappa shape index (κ1) is 20.9. The lowest BCUT2D eigenvalue weighted by molar-refractivity contribution is -0.123. The van der Waals surface area contributed by atoms with E-state index in [1.807, 2.05) is 57.2 Å². The average molecular weight is 418 g/mol. The summed E-state index contributed by atoms with van der Waals surface area (Å²) in [5.74, 6) is 0.565. The number of fused-ring (bicyclic) bond motifs is 1. The van der Waals surface area contributed by atoms with E-state index in [0.29, 0.717) is 30.9 Å². The maximum Gasteiger partial charge on any atom is 0.255 e. The fourth-order valence-electron chi connectivity index (χ4n) is 3.57. The number of rotatable bonds is 4.